The van der Waals surface area contributed by atoms with Crippen LogP contribution in [-0.4, -0.2) is 79.2 Å². The standard InChI is InChI=1S/C25H30F3N7O3/c1-4-5-14-34-19-20(35(38-22(37)25(26,27)28)24(34)33-16-12-29-13-17-33)30-23(32(3)21(19)36)31(2)15-11-18-9-7-6-8-10-18/h6-10,24,29H,11-17H2,1-3H3. The average molecular weight is 534 g/mol. The molecule has 1 N–H and O–H groups in total. The van der Waals surface area contributed by atoms with Crippen LogP contribution in [0.3, 0.4) is 0 Å². The van der Waals surface area contributed by atoms with Gasteiger partial charge in [0.15, 0.2) is 12.0 Å². The number of benzene rings is 1. The number of carbonyl (C=O) groups excluding carboxylic acids is 1. The van der Waals surface area contributed by atoms with E-state index in [9.17, 15) is 22.8 Å². The van der Waals surface area contributed by atoms with Gasteiger partial charge in [-0.15, -0.1) is 11.0 Å². The number of anilines is 3. The minimum absolute atomic E-state index is 0.0222. The van der Waals surface area contributed by atoms with Crippen molar-refractivity contribution in [3.63, 3.8) is 0 Å². The molecule has 4 rings (SSSR count). The topological polar surface area (TPSA) is 86.2 Å². The van der Waals surface area contributed by atoms with E-state index >= 15 is 0 Å². The molecular formula is C25H30F3N7O3. The predicted octanol–water partition coefficient (Wildman–Crippen LogP) is 1.32. The van der Waals surface area contributed by atoms with Crippen LogP contribution in [0.5, 0.6) is 0 Å². The molecule has 1 unspecified atom stereocenters. The normalized spacial score (nSPS) is 17.6. The summed E-state index contributed by atoms with van der Waals surface area (Å²) in [6.07, 6.45) is -5.61. The van der Waals surface area contributed by atoms with Gasteiger partial charge in [0.25, 0.3) is 5.56 Å². The Labute approximate surface area is 218 Å². The summed E-state index contributed by atoms with van der Waals surface area (Å²) in [5.41, 5.74) is 0.614. The van der Waals surface area contributed by atoms with Crippen molar-refractivity contribution in [2.75, 3.05) is 61.2 Å². The van der Waals surface area contributed by atoms with Crippen LogP contribution in [0, 0.1) is 11.8 Å². The SMILES string of the molecule is CC#CCN1c2c(nc(N(C)CCc3ccccc3)n(C)c2=O)N(OC(=O)C(F)(F)F)C1N1CCNCC1. The summed E-state index contributed by atoms with van der Waals surface area (Å²) in [4.78, 5) is 40.3. The number of nitrogens with zero attached hydrogens (tertiary/aromatic N) is 6. The van der Waals surface area contributed by atoms with E-state index in [0.717, 1.165) is 10.6 Å². The second kappa shape index (κ2) is 11.3. The van der Waals surface area contributed by atoms with Crippen molar-refractivity contribution in [2.24, 2.45) is 7.05 Å². The number of hydroxylamine groups is 1. The second-order valence-electron chi connectivity index (χ2n) is 8.99. The van der Waals surface area contributed by atoms with E-state index in [0.29, 0.717) is 39.1 Å². The summed E-state index contributed by atoms with van der Waals surface area (Å²) in [6, 6.07) is 9.72. The molecular weight excluding hydrogens is 503 g/mol. The van der Waals surface area contributed by atoms with Crippen LogP contribution in [0.25, 0.3) is 0 Å². The van der Waals surface area contributed by atoms with Crippen LogP contribution in [0.1, 0.15) is 12.5 Å². The van der Waals surface area contributed by atoms with Gasteiger partial charge in [0, 0.05) is 46.8 Å². The van der Waals surface area contributed by atoms with E-state index in [4.69, 9.17) is 4.84 Å². The van der Waals surface area contributed by atoms with Crippen molar-refractivity contribution in [3.8, 4) is 11.8 Å². The van der Waals surface area contributed by atoms with Crippen molar-refractivity contribution in [3.05, 3.63) is 46.2 Å². The lowest BCUT2D eigenvalue weighted by Crippen LogP contribution is -2.61. The number of rotatable bonds is 7. The molecule has 1 atom stereocenters. The highest BCUT2D eigenvalue weighted by atomic mass is 19.4. The number of aromatic nitrogens is 2. The Morgan fingerprint density at radius 2 is 1.92 bits per heavy atom. The molecule has 0 radical (unpaired) electrons. The van der Waals surface area contributed by atoms with E-state index in [1.54, 1.807) is 30.8 Å². The lowest BCUT2D eigenvalue weighted by Gasteiger charge is -2.40. The Kier molecular flexibility index (Phi) is 8.13. The molecule has 13 heteroatoms. The van der Waals surface area contributed by atoms with Crippen LogP contribution in [0.2, 0.25) is 0 Å². The van der Waals surface area contributed by atoms with E-state index in [1.807, 2.05) is 35.2 Å². The van der Waals surface area contributed by atoms with E-state index < -0.39 is 24.0 Å². The third kappa shape index (κ3) is 5.56. The van der Waals surface area contributed by atoms with Gasteiger partial charge in [0.05, 0.1) is 6.54 Å². The first kappa shape index (κ1) is 27.3. The average Bonchev–Trinajstić information content (AvgIpc) is 3.21. The number of hydrogen-bond acceptors (Lipinski definition) is 9. The first-order chi connectivity index (χ1) is 18.1. The summed E-state index contributed by atoms with van der Waals surface area (Å²) in [6.45, 7) is 4.16. The van der Waals surface area contributed by atoms with Crippen molar-refractivity contribution in [1.29, 1.82) is 0 Å². The zero-order chi connectivity index (χ0) is 27.4. The molecule has 204 valence electrons. The molecule has 2 aromatic rings. The number of fused-ring (bicyclic) bond motifs is 1. The summed E-state index contributed by atoms with van der Waals surface area (Å²) in [5.74, 6) is 3.31. The van der Waals surface area contributed by atoms with Gasteiger partial charge in [-0.3, -0.25) is 14.3 Å². The van der Waals surface area contributed by atoms with Crippen LogP contribution < -0.4 is 25.7 Å². The maximum Gasteiger partial charge on any atom is 0.493 e. The van der Waals surface area contributed by atoms with Gasteiger partial charge in [0.1, 0.15) is 0 Å². The molecule has 3 heterocycles. The molecule has 38 heavy (non-hydrogen) atoms. The number of alkyl halides is 3. The Hall–Kier alpha value is -3.76. The van der Waals surface area contributed by atoms with Crippen LogP contribution in [0.4, 0.5) is 30.6 Å². The summed E-state index contributed by atoms with van der Waals surface area (Å²) in [7, 11) is 3.30. The van der Waals surface area contributed by atoms with Crippen molar-refractivity contribution in [1.82, 2.24) is 19.8 Å². The molecule has 0 amide bonds. The van der Waals surface area contributed by atoms with Gasteiger partial charge in [0.2, 0.25) is 11.8 Å². The fourth-order valence-electron chi connectivity index (χ4n) is 4.52. The molecule has 2 aliphatic heterocycles. The van der Waals surface area contributed by atoms with Gasteiger partial charge in [-0.1, -0.05) is 36.3 Å². The van der Waals surface area contributed by atoms with Gasteiger partial charge < -0.3 is 20.0 Å². The molecule has 0 bridgehead atoms. The van der Waals surface area contributed by atoms with Crippen molar-refractivity contribution in [2.45, 2.75) is 25.8 Å². The Morgan fingerprint density at radius 1 is 1.24 bits per heavy atom. The number of hydrogen-bond donors (Lipinski definition) is 1. The molecule has 0 spiro atoms. The number of piperazine rings is 1. The van der Waals surface area contributed by atoms with Crippen LogP contribution in [0.15, 0.2) is 35.1 Å². The molecule has 0 aliphatic carbocycles. The highest BCUT2D eigenvalue weighted by Crippen LogP contribution is 2.39. The number of carbonyl (C=O) groups is 1. The molecule has 1 aromatic carbocycles. The Bertz CT molecular complexity index is 1270. The highest BCUT2D eigenvalue weighted by Gasteiger charge is 2.50. The lowest BCUT2D eigenvalue weighted by molar-refractivity contribution is -0.203. The maximum atomic E-state index is 13.7. The summed E-state index contributed by atoms with van der Waals surface area (Å²) < 4.78 is 41.3. The van der Waals surface area contributed by atoms with E-state index in [2.05, 4.69) is 22.1 Å². The van der Waals surface area contributed by atoms with Crippen molar-refractivity contribution >= 4 is 23.4 Å². The Balaban J connectivity index is 1.78. The number of nitrogens with one attached hydrogen (secondary N) is 1. The van der Waals surface area contributed by atoms with Gasteiger partial charge in [-0.05, 0) is 18.9 Å². The first-order valence-electron chi connectivity index (χ1n) is 12.2. The quantitative estimate of drug-likeness (QED) is 0.530. The largest absolute Gasteiger partial charge is 0.493 e. The lowest BCUT2D eigenvalue weighted by atomic mass is 10.1. The minimum atomic E-state index is -5.24. The van der Waals surface area contributed by atoms with E-state index in [-0.39, 0.29) is 24.0 Å². The fourth-order valence-corrected chi connectivity index (χ4v) is 4.52. The third-order valence-corrected chi connectivity index (χ3v) is 6.45. The monoisotopic (exact) mass is 533 g/mol. The fraction of sp³-hybridized carbons (Fsp3) is 0.480. The number of likely N-dealkylation sites (N-methyl/N-ethyl adjacent to an activating group) is 1. The van der Waals surface area contributed by atoms with E-state index in [1.165, 1.54) is 4.57 Å². The summed E-state index contributed by atoms with van der Waals surface area (Å²) >= 11 is 0. The van der Waals surface area contributed by atoms with Gasteiger partial charge in [-0.2, -0.15) is 18.2 Å². The first-order valence-corrected chi connectivity index (χ1v) is 12.2. The highest BCUT2D eigenvalue weighted by molar-refractivity contribution is 5.80. The molecule has 10 nitrogen and oxygen atoms in total. The van der Waals surface area contributed by atoms with Crippen LogP contribution >= 0.6 is 0 Å². The third-order valence-electron chi connectivity index (χ3n) is 6.45. The predicted molar refractivity (Wildman–Crippen MR) is 137 cm³/mol. The smallest absolute Gasteiger partial charge is 0.345 e. The molecule has 1 fully saturated rings. The van der Waals surface area contributed by atoms with Gasteiger partial charge >= 0.3 is 12.1 Å². The molecule has 1 aromatic heterocycles. The second-order valence-corrected chi connectivity index (χ2v) is 8.99. The number of halogens is 3. The maximum absolute atomic E-state index is 13.7. The summed E-state index contributed by atoms with van der Waals surface area (Å²) in [5, 5.41) is 4.00. The molecule has 1 saturated heterocycles. The minimum Gasteiger partial charge on any atom is -0.345 e. The van der Waals surface area contributed by atoms with Gasteiger partial charge in [-0.25, -0.2) is 4.79 Å². The molecule has 0 saturated carbocycles. The molecule has 2 aliphatic rings. The van der Waals surface area contributed by atoms with Crippen molar-refractivity contribution < 1.29 is 22.8 Å². The zero-order valence-corrected chi connectivity index (χ0v) is 21.5. The zero-order valence-electron chi connectivity index (χ0n) is 21.5. The Morgan fingerprint density at radius 3 is 2.55 bits per heavy atom. The van der Waals surface area contributed by atoms with Crippen LogP contribution in [-0.2, 0) is 23.1 Å².